The summed E-state index contributed by atoms with van der Waals surface area (Å²) in [5.74, 6) is 0.917. The Bertz CT molecular complexity index is 551. The van der Waals surface area contributed by atoms with E-state index in [1.54, 1.807) is 6.33 Å². The van der Waals surface area contributed by atoms with Crippen LogP contribution in [0.4, 0.5) is 5.82 Å². The lowest BCUT2D eigenvalue weighted by atomic mass is 10.1. The number of anilines is 1. The molecule has 2 aromatic heterocycles. The molecule has 2 N–H and O–H groups in total. The van der Waals surface area contributed by atoms with Crippen molar-refractivity contribution in [2.45, 2.75) is 38.8 Å². The summed E-state index contributed by atoms with van der Waals surface area (Å²) in [6.07, 6.45) is 5.84. The predicted molar refractivity (Wildman–Crippen MR) is 70.7 cm³/mol. The summed E-state index contributed by atoms with van der Waals surface area (Å²) >= 11 is 0. The van der Waals surface area contributed by atoms with Gasteiger partial charge in [0.2, 0.25) is 0 Å². The van der Waals surface area contributed by atoms with Crippen molar-refractivity contribution in [3.63, 3.8) is 0 Å². The van der Waals surface area contributed by atoms with Crippen LogP contribution >= 0.6 is 0 Å². The minimum atomic E-state index is 0.235. The third kappa shape index (κ3) is 1.84. The van der Waals surface area contributed by atoms with E-state index in [1.165, 1.54) is 5.56 Å². The maximum atomic E-state index is 5.57. The van der Waals surface area contributed by atoms with Crippen LogP contribution in [0.25, 0.3) is 11.0 Å². The summed E-state index contributed by atoms with van der Waals surface area (Å²) in [6, 6.07) is 0.336. The quantitative estimate of drug-likeness (QED) is 0.870. The van der Waals surface area contributed by atoms with Crippen LogP contribution in [0.1, 0.15) is 25.8 Å². The molecule has 96 valence electrons. The van der Waals surface area contributed by atoms with E-state index < -0.39 is 0 Å². The number of ether oxygens (including phenoxy) is 1. The highest BCUT2D eigenvalue weighted by molar-refractivity contribution is 5.90. The Labute approximate surface area is 106 Å². The number of nitrogens with zero attached hydrogens (tertiary/aromatic N) is 2. The lowest BCUT2D eigenvalue weighted by Crippen LogP contribution is -2.27. The lowest BCUT2D eigenvalue weighted by molar-refractivity contribution is 0.121. The fraction of sp³-hybridized carbons (Fsp3) is 0.538. The molecule has 2 unspecified atom stereocenters. The molecule has 2 atom stereocenters. The Kier molecular flexibility index (Phi) is 2.91. The first-order chi connectivity index (χ1) is 8.79. The van der Waals surface area contributed by atoms with Crippen molar-refractivity contribution in [3.8, 4) is 0 Å². The molecular formula is C13H18N4O. The van der Waals surface area contributed by atoms with E-state index in [0.717, 1.165) is 36.3 Å². The predicted octanol–water partition coefficient (Wildman–Crippen LogP) is 2.11. The zero-order chi connectivity index (χ0) is 12.5. The summed E-state index contributed by atoms with van der Waals surface area (Å²) < 4.78 is 5.57. The second-order valence-electron chi connectivity index (χ2n) is 4.73. The van der Waals surface area contributed by atoms with Crippen molar-refractivity contribution in [2.75, 3.05) is 11.9 Å². The van der Waals surface area contributed by atoms with Crippen molar-refractivity contribution in [2.24, 2.45) is 0 Å². The Hall–Kier alpha value is -1.62. The van der Waals surface area contributed by atoms with E-state index in [4.69, 9.17) is 4.74 Å². The Balaban J connectivity index is 1.97. The van der Waals surface area contributed by atoms with Crippen LogP contribution in [-0.2, 0) is 11.2 Å². The molecule has 0 bridgehead atoms. The van der Waals surface area contributed by atoms with Gasteiger partial charge in [0.1, 0.15) is 17.8 Å². The number of nitrogens with one attached hydrogen (secondary N) is 2. The highest BCUT2D eigenvalue weighted by Crippen LogP contribution is 2.26. The average Bonchev–Trinajstić information content (AvgIpc) is 2.97. The van der Waals surface area contributed by atoms with Crippen LogP contribution in [0.5, 0.6) is 0 Å². The van der Waals surface area contributed by atoms with Gasteiger partial charge < -0.3 is 15.0 Å². The maximum Gasteiger partial charge on any atom is 0.143 e. The largest absolute Gasteiger partial charge is 0.376 e. The van der Waals surface area contributed by atoms with Gasteiger partial charge >= 0.3 is 0 Å². The molecule has 1 aliphatic heterocycles. The number of hydrogen-bond acceptors (Lipinski definition) is 4. The van der Waals surface area contributed by atoms with Crippen molar-refractivity contribution in [1.29, 1.82) is 0 Å². The summed E-state index contributed by atoms with van der Waals surface area (Å²) in [5, 5.41) is 4.61. The van der Waals surface area contributed by atoms with E-state index in [9.17, 15) is 0 Å². The number of H-pyrrole nitrogens is 1. The normalized spacial score (nSPS) is 23.7. The van der Waals surface area contributed by atoms with Gasteiger partial charge in [-0.2, -0.15) is 0 Å². The van der Waals surface area contributed by atoms with Crippen LogP contribution in [0.3, 0.4) is 0 Å². The molecule has 0 saturated carbocycles. The van der Waals surface area contributed by atoms with Crippen LogP contribution < -0.4 is 5.32 Å². The van der Waals surface area contributed by atoms with Crippen LogP contribution in [0, 0.1) is 0 Å². The monoisotopic (exact) mass is 246 g/mol. The zero-order valence-corrected chi connectivity index (χ0v) is 10.7. The molecule has 0 aromatic carbocycles. The number of aromatic amines is 1. The van der Waals surface area contributed by atoms with E-state index in [1.807, 2.05) is 6.20 Å². The molecule has 1 saturated heterocycles. The van der Waals surface area contributed by atoms with Gasteiger partial charge in [-0.25, -0.2) is 9.97 Å². The Morgan fingerprint density at radius 3 is 3.11 bits per heavy atom. The summed E-state index contributed by atoms with van der Waals surface area (Å²) in [6.45, 7) is 5.06. The van der Waals surface area contributed by atoms with Crippen molar-refractivity contribution in [1.82, 2.24) is 15.0 Å². The fourth-order valence-electron chi connectivity index (χ4n) is 2.51. The van der Waals surface area contributed by atoms with Crippen LogP contribution in [0.2, 0.25) is 0 Å². The molecule has 5 nitrogen and oxygen atoms in total. The molecule has 0 spiro atoms. The number of rotatable bonds is 3. The molecule has 18 heavy (non-hydrogen) atoms. The molecule has 3 heterocycles. The summed E-state index contributed by atoms with van der Waals surface area (Å²) in [5.41, 5.74) is 2.15. The minimum Gasteiger partial charge on any atom is -0.376 e. The molecule has 0 radical (unpaired) electrons. The minimum absolute atomic E-state index is 0.235. The molecule has 1 fully saturated rings. The van der Waals surface area contributed by atoms with Gasteiger partial charge in [0.05, 0.1) is 17.5 Å². The third-order valence-electron chi connectivity index (χ3n) is 3.63. The summed E-state index contributed by atoms with van der Waals surface area (Å²) in [7, 11) is 0. The fourth-order valence-corrected chi connectivity index (χ4v) is 2.51. The molecular weight excluding hydrogens is 228 g/mol. The van der Waals surface area contributed by atoms with Gasteiger partial charge in [0.15, 0.2) is 0 Å². The average molecular weight is 246 g/mol. The second-order valence-corrected chi connectivity index (χ2v) is 4.73. The van der Waals surface area contributed by atoms with Crippen LogP contribution in [0.15, 0.2) is 12.5 Å². The van der Waals surface area contributed by atoms with Gasteiger partial charge in [-0.15, -0.1) is 0 Å². The van der Waals surface area contributed by atoms with Gasteiger partial charge in [0, 0.05) is 12.8 Å². The van der Waals surface area contributed by atoms with Crippen molar-refractivity contribution in [3.05, 3.63) is 18.1 Å². The number of fused-ring (bicyclic) bond motifs is 1. The zero-order valence-electron chi connectivity index (χ0n) is 10.7. The molecule has 0 aliphatic carbocycles. The first-order valence-corrected chi connectivity index (χ1v) is 6.48. The van der Waals surface area contributed by atoms with E-state index in [2.05, 4.69) is 34.1 Å². The number of aromatic nitrogens is 3. The highest BCUT2D eigenvalue weighted by Gasteiger charge is 2.25. The molecule has 3 rings (SSSR count). The first-order valence-electron chi connectivity index (χ1n) is 6.48. The maximum absolute atomic E-state index is 5.57. The topological polar surface area (TPSA) is 62.8 Å². The SMILES string of the molecule is CCc1c[nH]c2ncnc(NC3CCOC3C)c12. The lowest BCUT2D eigenvalue weighted by Gasteiger charge is -2.17. The standard InChI is InChI=1S/C13H18N4O/c1-3-9-6-14-12-11(9)13(16-7-15-12)17-10-4-5-18-8(10)2/h6-8,10H,3-5H2,1-2H3,(H2,14,15,16,17). The van der Waals surface area contributed by atoms with Gasteiger partial charge in [-0.3, -0.25) is 0 Å². The van der Waals surface area contributed by atoms with Gasteiger partial charge in [-0.1, -0.05) is 6.92 Å². The smallest absolute Gasteiger partial charge is 0.143 e. The summed E-state index contributed by atoms with van der Waals surface area (Å²) in [4.78, 5) is 11.8. The number of aryl methyl sites for hydroxylation is 1. The molecule has 2 aromatic rings. The van der Waals surface area contributed by atoms with Crippen molar-refractivity contribution < 1.29 is 4.74 Å². The van der Waals surface area contributed by atoms with Crippen molar-refractivity contribution >= 4 is 16.9 Å². The second kappa shape index (κ2) is 4.57. The highest BCUT2D eigenvalue weighted by atomic mass is 16.5. The molecule has 5 heteroatoms. The Morgan fingerprint density at radius 1 is 1.50 bits per heavy atom. The van der Waals surface area contributed by atoms with Crippen LogP contribution in [-0.4, -0.2) is 33.7 Å². The van der Waals surface area contributed by atoms with E-state index in [-0.39, 0.29) is 6.10 Å². The van der Waals surface area contributed by atoms with Gasteiger partial charge in [-0.05, 0) is 25.3 Å². The number of hydrogen-bond donors (Lipinski definition) is 2. The first kappa shape index (κ1) is 11.5. The Morgan fingerprint density at radius 2 is 2.39 bits per heavy atom. The third-order valence-corrected chi connectivity index (χ3v) is 3.63. The van der Waals surface area contributed by atoms with E-state index in [0.29, 0.717) is 6.04 Å². The van der Waals surface area contributed by atoms with E-state index >= 15 is 0 Å². The molecule has 0 amide bonds. The molecule has 1 aliphatic rings. The van der Waals surface area contributed by atoms with Gasteiger partial charge in [0.25, 0.3) is 0 Å².